The summed E-state index contributed by atoms with van der Waals surface area (Å²) in [6.07, 6.45) is 1.73. The Hall–Kier alpha value is -1.55. The van der Waals surface area contributed by atoms with Gasteiger partial charge >= 0.3 is 0 Å². The van der Waals surface area contributed by atoms with E-state index in [1.54, 1.807) is 0 Å². The molecule has 2 aliphatic rings. The molecule has 2 heterocycles. The number of piperidine rings is 1. The number of nitrogens with zero attached hydrogens (tertiary/aromatic N) is 3. The molecule has 1 amide bonds. The van der Waals surface area contributed by atoms with Crippen molar-refractivity contribution in [2.45, 2.75) is 39.7 Å². The van der Waals surface area contributed by atoms with E-state index in [1.807, 2.05) is 30.0 Å². The maximum absolute atomic E-state index is 12.8. The van der Waals surface area contributed by atoms with E-state index in [2.05, 4.69) is 30.1 Å². The van der Waals surface area contributed by atoms with Crippen molar-refractivity contribution in [1.82, 2.24) is 15.1 Å². The van der Waals surface area contributed by atoms with Crippen LogP contribution in [0.4, 0.5) is 0 Å². The summed E-state index contributed by atoms with van der Waals surface area (Å²) in [7, 11) is 0. The van der Waals surface area contributed by atoms with Crippen LogP contribution in [0.3, 0.4) is 0 Å². The van der Waals surface area contributed by atoms with E-state index in [4.69, 9.17) is 14.5 Å². The number of likely N-dealkylation sites (tertiary alicyclic amines) is 1. The number of ether oxygens (including phenoxy) is 2. The van der Waals surface area contributed by atoms with Crippen LogP contribution in [0.1, 0.15) is 32.3 Å². The third kappa shape index (κ3) is 7.82. The number of aliphatic imine (C=N–C) groups is 1. The summed E-state index contributed by atoms with van der Waals surface area (Å²) < 4.78 is 11.4. The number of carbonyl (C=O) groups is 1. The number of rotatable bonds is 6. The first kappa shape index (κ1) is 25.7. The maximum Gasteiger partial charge on any atom is 0.225 e. The van der Waals surface area contributed by atoms with Crippen molar-refractivity contribution in [3.05, 3.63) is 29.8 Å². The van der Waals surface area contributed by atoms with Crippen LogP contribution in [0.2, 0.25) is 0 Å². The highest BCUT2D eigenvalue weighted by atomic mass is 127. The third-order valence-electron chi connectivity index (χ3n) is 5.63. The average Bonchev–Trinajstić information content (AvgIpc) is 2.77. The van der Waals surface area contributed by atoms with Gasteiger partial charge in [-0.3, -0.25) is 4.79 Å². The summed E-state index contributed by atoms with van der Waals surface area (Å²) in [5.74, 6) is 2.20. The standard InChI is InChI=1S/C23H36N4O3.HI/c1-4-24-23(25-17-19(3)30-21-7-5-6-18(2)16-21)27-10-8-20(9-11-27)22(28)26-12-14-29-15-13-26;/h5-7,16,19-20H,4,8-15,17H2,1-3H3,(H,24,25);1H. The molecule has 1 atom stereocenters. The zero-order valence-corrected chi connectivity index (χ0v) is 21.3. The third-order valence-corrected chi connectivity index (χ3v) is 5.63. The van der Waals surface area contributed by atoms with Gasteiger partial charge in [-0.25, -0.2) is 4.99 Å². The number of carbonyl (C=O) groups excluding carboxylic acids is 1. The molecule has 1 aromatic rings. The lowest BCUT2D eigenvalue weighted by atomic mass is 9.95. The van der Waals surface area contributed by atoms with Crippen LogP contribution in [0, 0.1) is 12.8 Å². The Bertz CT molecular complexity index is 717. The molecule has 0 aromatic heterocycles. The molecule has 0 aliphatic carbocycles. The van der Waals surface area contributed by atoms with E-state index in [-0.39, 0.29) is 36.0 Å². The summed E-state index contributed by atoms with van der Waals surface area (Å²) in [5, 5.41) is 3.40. The van der Waals surface area contributed by atoms with Crippen molar-refractivity contribution in [3.63, 3.8) is 0 Å². The van der Waals surface area contributed by atoms with Gasteiger partial charge in [0.2, 0.25) is 5.91 Å². The highest BCUT2D eigenvalue weighted by Crippen LogP contribution is 2.21. The molecule has 0 bridgehead atoms. The molecule has 2 aliphatic heterocycles. The Kier molecular flexibility index (Phi) is 10.9. The minimum atomic E-state index is -0.0131. The molecular formula is C23H37IN4O3. The van der Waals surface area contributed by atoms with Gasteiger partial charge in [-0.2, -0.15) is 0 Å². The Labute approximate surface area is 203 Å². The van der Waals surface area contributed by atoms with Crippen LogP contribution in [0.25, 0.3) is 0 Å². The molecule has 0 spiro atoms. The second-order valence-electron chi connectivity index (χ2n) is 8.14. The van der Waals surface area contributed by atoms with E-state index < -0.39 is 0 Å². The van der Waals surface area contributed by atoms with Gasteiger partial charge in [0.25, 0.3) is 0 Å². The average molecular weight is 544 g/mol. The Morgan fingerprint density at radius 1 is 1.23 bits per heavy atom. The highest BCUT2D eigenvalue weighted by Gasteiger charge is 2.30. The number of morpholine rings is 1. The van der Waals surface area contributed by atoms with E-state index >= 15 is 0 Å². The number of amides is 1. The molecule has 2 saturated heterocycles. The number of benzene rings is 1. The molecule has 8 heteroatoms. The second-order valence-corrected chi connectivity index (χ2v) is 8.14. The Balaban J connectivity index is 0.00000341. The predicted octanol–water partition coefficient (Wildman–Crippen LogP) is 2.92. The fourth-order valence-corrected chi connectivity index (χ4v) is 3.98. The Morgan fingerprint density at radius 3 is 2.58 bits per heavy atom. The molecule has 1 unspecified atom stereocenters. The minimum absolute atomic E-state index is 0. The van der Waals surface area contributed by atoms with Crippen molar-refractivity contribution in [2.75, 3.05) is 52.5 Å². The molecule has 174 valence electrons. The highest BCUT2D eigenvalue weighted by molar-refractivity contribution is 14.0. The van der Waals surface area contributed by atoms with Crippen LogP contribution < -0.4 is 10.1 Å². The minimum Gasteiger partial charge on any atom is -0.489 e. The summed E-state index contributed by atoms with van der Waals surface area (Å²) in [6.45, 7) is 12.0. The lowest BCUT2D eigenvalue weighted by Crippen LogP contribution is -2.50. The Morgan fingerprint density at radius 2 is 1.94 bits per heavy atom. The lowest BCUT2D eigenvalue weighted by molar-refractivity contribution is -0.140. The number of halogens is 1. The number of guanidine groups is 1. The number of hydrogen-bond acceptors (Lipinski definition) is 4. The molecule has 1 N–H and O–H groups in total. The van der Waals surface area contributed by atoms with Gasteiger partial charge in [-0.15, -0.1) is 24.0 Å². The number of hydrogen-bond donors (Lipinski definition) is 1. The first-order valence-electron chi connectivity index (χ1n) is 11.2. The summed E-state index contributed by atoms with van der Waals surface area (Å²) in [6, 6.07) is 8.09. The second kappa shape index (κ2) is 13.1. The van der Waals surface area contributed by atoms with Gasteiger partial charge in [-0.1, -0.05) is 12.1 Å². The van der Waals surface area contributed by atoms with E-state index in [0.29, 0.717) is 25.7 Å². The van der Waals surface area contributed by atoms with Crippen molar-refractivity contribution < 1.29 is 14.3 Å². The molecular weight excluding hydrogens is 507 g/mol. The first-order valence-corrected chi connectivity index (χ1v) is 11.2. The van der Waals surface area contributed by atoms with Crippen LogP contribution in [0.15, 0.2) is 29.3 Å². The van der Waals surface area contributed by atoms with Crippen LogP contribution in [-0.2, 0) is 9.53 Å². The van der Waals surface area contributed by atoms with Gasteiger partial charge in [-0.05, 0) is 51.3 Å². The zero-order valence-electron chi connectivity index (χ0n) is 19.0. The summed E-state index contributed by atoms with van der Waals surface area (Å²) in [4.78, 5) is 21.8. The van der Waals surface area contributed by atoms with Crippen molar-refractivity contribution in [2.24, 2.45) is 10.9 Å². The van der Waals surface area contributed by atoms with Gasteiger partial charge in [0.1, 0.15) is 11.9 Å². The van der Waals surface area contributed by atoms with Crippen molar-refractivity contribution in [1.29, 1.82) is 0 Å². The maximum atomic E-state index is 12.8. The van der Waals surface area contributed by atoms with Gasteiger partial charge in [0.05, 0.1) is 19.8 Å². The van der Waals surface area contributed by atoms with Crippen molar-refractivity contribution >= 4 is 35.8 Å². The fraction of sp³-hybridized carbons (Fsp3) is 0.652. The lowest BCUT2D eigenvalue weighted by Gasteiger charge is -2.36. The van der Waals surface area contributed by atoms with E-state index in [0.717, 1.165) is 57.3 Å². The zero-order chi connectivity index (χ0) is 21.3. The molecule has 7 nitrogen and oxygen atoms in total. The molecule has 3 rings (SSSR count). The van der Waals surface area contributed by atoms with Gasteiger partial charge < -0.3 is 24.6 Å². The SMILES string of the molecule is CCNC(=NCC(C)Oc1cccc(C)c1)N1CCC(C(=O)N2CCOCC2)CC1.I. The largest absolute Gasteiger partial charge is 0.489 e. The number of nitrogens with one attached hydrogen (secondary N) is 1. The van der Waals surface area contributed by atoms with Crippen LogP contribution in [0.5, 0.6) is 5.75 Å². The summed E-state index contributed by atoms with van der Waals surface area (Å²) in [5.41, 5.74) is 1.19. The van der Waals surface area contributed by atoms with E-state index in [9.17, 15) is 4.79 Å². The van der Waals surface area contributed by atoms with Crippen molar-refractivity contribution in [3.8, 4) is 5.75 Å². The first-order chi connectivity index (χ1) is 14.6. The van der Waals surface area contributed by atoms with Crippen LogP contribution >= 0.6 is 24.0 Å². The van der Waals surface area contributed by atoms with E-state index in [1.165, 1.54) is 5.56 Å². The topological polar surface area (TPSA) is 66.4 Å². The smallest absolute Gasteiger partial charge is 0.225 e. The quantitative estimate of drug-likeness (QED) is 0.339. The molecule has 1 aromatic carbocycles. The van der Waals surface area contributed by atoms with Crippen LogP contribution in [-0.4, -0.2) is 80.3 Å². The molecule has 0 radical (unpaired) electrons. The normalized spacial score (nSPS) is 18.9. The molecule has 2 fully saturated rings. The summed E-state index contributed by atoms with van der Waals surface area (Å²) >= 11 is 0. The van der Waals surface area contributed by atoms with Gasteiger partial charge in [0.15, 0.2) is 5.96 Å². The number of aryl methyl sites for hydroxylation is 1. The monoisotopic (exact) mass is 544 g/mol. The fourth-order valence-electron chi connectivity index (χ4n) is 3.98. The molecule has 31 heavy (non-hydrogen) atoms. The predicted molar refractivity (Wildman–Crippen MR) is 134 cm³/mol. The van der Waals surface area contributed by atoms with Gasteiger partial charge in [0, 0.05) is 38.6 Å². The molecule has 0 saturated carbocycles.